The topological polar surface area (TPSA) is 403 Å². The van der Waals surface area contributed by atoms with Crippen LogP contribution in [-0.4, -0.2) is 179 Å². The van der Waals surface area contributed by atoms with E-state index in [2.05, 4.69) is 19.5 Å². The SMILES string of the molecule is CNI(C(=O)[C@H](CCCN)CC(=O)[C@@](C)(CC(=O)C(C)C)CC(C)C)C(C)(C)C(=O)C[C@@H](CCCCNC(=O)COCCOCCCC(=O)COCCOCCNC(=O)CC[C@H](NC(=O)CCCCCCCCCCCCCCCCCCC(=O)O)C(=O)O)C(=O)C[C@@H](CO)C(N)=O. The van der Waals surface area contributed by atoms with Gasteiger partial charge in [0.05, 0.1) is 33.0 Å². The van der Waals surface area contributed by atoms with Gasteiger partial charge in [-0.1, -0.05) is 89.9 Å². The number of primary amides is 1. The molecule has 5 atom stereocenters. The molecule has 568 valence electrons. The third-order valence-corrected chi connectivity index (χ3v) is 23.7. The third-order valence-electron chi connectivity index (χ3n) is 17.4. The number of hydrogen-bond donors (Lipinski definition) is 9. The van der Waals surface area contributed by atoms with Crippen molar-refractivity contribution in [2.75, 3.05) is 86.1 Å². The first kappa shape index (κ1) is 93.3. The fourth-order valence-corrected chi connectivity index (χ4v) is 16.9. The second-order valence-corrected chi connectivity index (χ2v) is 33.9. The quantitative estimate of drug-likeness (QED) is 0.00902. The number of ether oxygens (including phenoxy) is 4. The number of nitrogens with two attached hydrogens (primary N) is 2. The number of carboxylic acids is 2. The molecule has 0 fully saturated rings. The van der Waals surface area contributed by atoms with Gasteiger partial charge in [-0.2, -0.15) is 0 Å². The summed E-state index contributed by atoms with van der Waals surface area (Å²) < 4.78 is 23.6. The van der Waals surface area contributed by atoms with Gasteiger partial charge in [-0.25, -0.2) is 4.79 Å². The second-order valence-electron chi connectivity index (χ2n) is 27.5. The molecule has 11 N–H and O–H groups in total. The first-order valence-electron chi connectivity index (χ1n) is 36.3. The minimum absolute atomic E-state index is 0.0325. The predicted molar refractivity (Wildman–Crippen MR) is 385 cm³/mol. The number of Topliss-reactive ketones (excluding diaryl/α,β-unsaturated/α-hetero) is 5. The van der Waals surface area contributed by atoms with E-state index in [1.54, 1.807) is 41.7 Å². The van der Waals surface area contributed by atoms with Crippen LogP contribution in [0.15, 0.2) is 0 Å². The number of amides is 4. The molecule has 25 nitrogen and oxygen atoms in total. The standard InChI is InChI=1S/C72H129IN6O19/c1-53(2)48-72(7,49-61(83)54(3)4)63(85)47-56(30-27-36-74)68(91)73(76-8)71(5,6)62(84)46-55(60(82)45-57(50-80)69(75)92)29-25-26-37-77-66(88)52-98-44-41-95-39-28-31-58(81)51-97-43-42-96-40-38-78-64(86)35-34-59(70(93)94)79-65(87)32-23-21-19-17-15-13-11-9-10-12-14-16-18-20-22-24-33-67(89)90/h53-57,59,76,80H,9-52,74H2,1-8H3,(H2,75,92)(H,77,88)(H,78,86)(H,79,87)(H,89,90)(H,93,94)/t55-,56-,57+,59+,72-/m1/s1. The summed E-state index contributed by atoms with van der Waals surface area (Å²) in [6, 6.07) is -1.17. The summed E-state index contributed by atoms with van der Waals surface area (Å²) in [7, 11) is 1.62. The summed E-state index contributed by atoms with van der Waals surface area (Å²) in [5, 5.41) is 36.1. The fourth-order valence-electron chi connectivity index (χ4n) is 11.5. The van der Waals surface area contributed by atoms with E-state index in [4.69, 9.17) is 35.5 Å². The summed E-state index contributed by atoms with van der Waals surface area (Å²) in [4.78, 5) is 154. The monoisotopic (exact) mass is 1510 g/mol. The van der Waals surface area contributed by atoms with Crippen LogP contribution < -0.4 is 30.9 Å². The molecule has 0 saturated carbocycles. The minimum atomic E-state index is -3.17. The van der Waals surface area contributed by atoms with Crippen LogP contribution in [0.3, 0.4) is 0 Å². The van der Waals surface area contributed by atoms with Gasteiger partial charge in [0.1, 0.15) is 12.6 Å². The number of aliphatic hydroxyl groups is 1. The molecule has 98 heavy (non-hydrogen) atoms. The normalized spacial score (nSPS) is 13.7. The van der Waals surface area contributed by atoms with E-state index in [0.717, 1.165) is 44.9 Å². The van der Waals surface area contributed by atoms with E-state index < -0.39 is 83.0 Å². The summed E-state index contributed by atoms with van der Waals surface area (Å²) >= 11 is -3.17. The number of carbonyl (C=O) groups is 12. The molecule has 0 aliphatic carbocycles. The molecule has 0 spiro atoms. The van der Waals surface area contributed by atoms with Crippen molar-refractivity contribution in [3.8, 4) is 0 Å². The Hall–Kier alpha value is -4.71. The number of halogens is 1. The van der Waals surface area contributed by atoms with E-state index in [0.29, 0.717) is 44.9 Å². The number of alkyl halides is 1. The number of carboxylic acid groups (broad SMARTS) is 2. The first-order chi connectivity index (χ1) is 46.6. The summed E-state index contributed by atoms with van der Waals surface area (Å²) in [5.74, 6) is -7.91. The Kier molecular flexibility index (Phi) is 54.1. The van der Waals surface area contributed by atoms with Crippen molar-refractivity contribution in [2.45, 2.75) is 263 Å². The van der Waals surface area contributed by atoms with Crippen LogP contribution in [0, 0.1) is 35.0 Å². The molecule has 0 bridgehead atoms. The third kappa shape index (κ3) is 45.9. The van der Waals surface area contributed by atoms with E-state index >= 15 is 0 Å². The Balaban J connectivity index is 4.57. The zero-order chi connectivity index (χ0) is 73.7. The molecule has 4 amide bonds. The first-order valence-corrected chi connectivity index (χ1v) is 39.5. The van der Waals surface area contributed by atoms with Crippen LogP contribution >= 0.6 is 20.1 Å². The number of aliphatic carboxylic acids is 2. The molecule has 0 aromatic carbocycles. The molecule has 26 heteroatoms. The average Bonchev–Trinajstić information content (AvgIpc) is 0.801. The van der Waals surface area contributed by atoms with Gasteiger partial charge in [-0.3, -0.25) is 19.2 Å². The predicted octanol–water partition coefficient (Wildman–Crippen LogP) is 8.82. The Morgan fingerprint density at radius 2 is 1.02 bits per heavy atom. The Labute approximate surface area is 592 Å². The number of ketones is 5. The van der Waals surface area contributed by atoms with Crippen molar-refractivity contribution in [1.82, 2.24) is 19.5 Å². The van der Waals surface area contributed by atoms with E-state index in [1.165, 1.54) is 51.4 Å². The van der Waals surface area contributed by atoms with Gasteiger partial charge in [0, 0.05) is 38.8 Å². The molecule has 0 heterocycles. The van der Waals surface area contributed by atoms with Crippen molar-refractivity contribution in [1.29, 1.82) is 0 Å². The van der Waals surface area contributed by atoms with Crippen LogP contribution in [-0.2, 0) is 76.5 Å². The van der Waals surface area contributed by atoms with Crippen LogP contribution in [0.5, 0.6) is 0 Å². The molecular weight excluding hydrogens is 1380 g/mol. The molecule has 0 aromatic heterocycles. The number of hydrogen-bond acceptors (Lipinski definition) is 19. The van der Waals surface area contributed by atoms with Gasteiger partial charge in [-0.15, -0.1) is 0 Å². The van der Waals surface area contributed by atoms with Gasteiger partial charge >= 0.3 is 319 Å². The van der Waals surface area contributed by atoms with Gasteiger partial charge in [0.2, 0.25) is 11.8 Å². The molecule has 0 aliphatic rings. The maximum atomic E-state index is 14.6. The van der Waals surface area contributed by atoms with Crippen LogP contribution in [0.2, 0.25) is 0 Å². The molecule has 0 aromatic rings. The van der Waals surface area contributed by atoms with E-state index in [1.807, 2.05) is 13.8 Å². The second kappa shape index (κ2) is 56.9. The number of carbonyl (C=O) groups excluding carboxylic acids is 10. The van der Waals surface area contributed by atoms with Gasteiger partial charge in [-0.05, 0) is 25.7 Å². The Morgan fingerprint density at radius 3 is 1.54 bits per heavy atom. The van der Waals surface area contributed by atoms with Gasteiger partial charge in [0.15, 0.2) is 5.78 Å². The number of rotatable bonds is 69. The van der Waals surface area contributed by atoms with Crippen LogP contribution in [0.25, 0.3) is 0 Å². The van der Waals surface area contributed by atoms with Gasteiger partial charge < -0.3 is 35.1 Å². The van der Waals surface area contributed by atoms with E-state index in [-0.39, 0.29) is 193 Å². The molecule has 0 radical (unpaired) electrons. The molecule has 0 aliphatic heterocycles. The number of nitrogens with one attached hydrogen (secondary N) is 4. The average molecular weight is 1510 g/mol. The molecular formula is C72H129IN6O19. The summed E-state index contributed by atoms with van der Waals surface area (Å²) in [6.07, 6.45) is 20.3. The van der Waals surface area contributed by atoms with Crippen molar-refractivity contribution >= 4 is 88.4 Å². The molecule has 0 saturated heterocycles. The number of aliphatic hydroxyl groups excluding tert-OH is 1. The number of unbranched alkanes of at least 4 members (excludes halogenated alkanes) is 16. The van der Waals surface area contributed by atoms with Crippen molar-refractivity contribution in [2.24, 2.45) is 46.5 Å². The van der Waals surface area contributed by atoms with E-state index in [9.17, 15) is 67.7 Å². The maximum absolute atomic E-state index is 14.6. The Morgan fingerprint density at radius 1 is 0.500 bits per heavy atom. The summed E-state index contributed by atoms with van der Waals surface area (Å²) in [5.41, 5.74) is 10.4. The molecule has 0 unspecified atom stereocenters. The zero-order valence-electron chi connectivity index (χ0n) is 61.0. The Bertz CT molecular complexity index is 2340. The molecule has 0 rings (SSSR count). The van der Waals surface area contributed by atoms with Crippen molar-refractivity contribution < 1.29 is 91.8 Å². The van der Waals surface area contributed by atoms with Crippen molar-refractivity contribution in [3.63, 3.8) is 0 Å². The fraction of sp³-hybridized carbons (Fsp3) is 0.833. The van der Waals surface area contributed by atoms with Crippen molar-refractivity contribution in [3.05, 3.63) is 0 Å². The van der Waals surface area contributed by atoms with Crippen LogP contribution in [0.4, 0.5) is 0 Å². The summed E-state index contributed by atoms with van der Waals surface area (Å²) in [6.45, 7) is 13.5. The zero-order valence-corrected chi connectivity index (χ0v) is 63.1. The van der Waals surface area contributed by atoms with Gasteiger partial charge in [0.25, 0.3) is 0 Å². The van der Waals surface area contributed by atoms with Crippen LogP contribution in [0.1, 0.15) is 254 Å².